The third-order valence-electron chi connectivity index (χ3n) is 3.56. The summed E-state index contributed by atoms with van der Waals surface area (Å²) in [6.45, 7) is 0.305. The van der Waals surface area contributed by atoms with Gasteiger partial charge in [-0.05, 0) is 48.2 Å². The van der Waals surface area contributed by atoms with Gasteiger partial charge in [0.05, 0.1) is 5.56 Å². The molecule has 1 amide bonds. The zero-order valence-corrected chi connectivity index (χ0v) is 12.4. The van der Waals surface area contributed by atoms with E-state index in [1.807, 2.05) is 0 Å². The fourth-order valence-corrected chi connectivity index (χ4v) is 2.49. The highest BCUT2D eigenvalue weighted by Crippen LogP contribution is 2.35. The van der Waals surface area contributed by atoms with E-state index in [1.54, 1.807) is 24.3 Å². The van der Waals surface area contributed by atoms with Crippen molar-refractivity contribution in [1.29, 1.82) is 0 Å². The molecule has 0 spiro atoms. The van der Waals surface area contributed by atoms with Crippen molar-refractivity contribution in [1.82, 2.24) is 0 Å². The maximum absolute atomic E-state index is 13.1. The van der Waals surface area contributed by atoms with Gasteiger partial charge in [-0.2, -0.15) is 13.2 Å². The van der Waals surface area contributed by atoms with Gasteiger partial charge in [0, 0.05) is 5.56 Å². The van der Waals surface area contributed by atoms with Gasteiger partial charge >= 0.3 is 6.18 Å². The van der Waals surface area contributed by atoms with Crippen LogP contribution < -0.4 is 11.5 Å². The summed E-state index contributed by atoms with van der Waals surface area (Å²) in [4.78, 5) is 11.5. The predicted octanol–water partition coefficient (Wildman–Crippen LogP) is 3.36. The number of primary amides is 1. The van der Waals surface area contributed by atoms with E-state index in [-0.39, 0.29) is 17.5 Å². The quantitative estimate of drug-likeness (QED) is 0.886. The van der Waals surface area contributed by atoms with Crippen LogP contribution >= 0.6 is 0 Å². The number of alkyl halides is 3. The van der Waals surface area contributed by atoms with Crippen LogP contribution in [-0.4, -0.2) is 12.5 Å². The first kappa shape index (κ1) is 17.0. The molecule has 2 aromatic carbocycles. The average Bonchev–Trinajstić information content (AvgIpc) is 2.51. The Morgan fingerprint density at radius 3 is 2.39 bits per heavy atom. The second-order valence-corrected chi connectivity index (χ2v) is 5.17. The molecule has 0 saturated heterocycles. The van der Waals surface area contributed by atoms with E-state index in [0.717, 1.165) is 6.07 Å². The van der Waals surface area contributed by atoms with Crippen molar-refractivity contribution >= 4 is 5.91 Å². The monoisotopic (exact) mass is 322 g/mol. The molecule has 0 aliphatic rings. The summed E-state index contributed by atoms with van der Waals surface area (Å²) in [7, 11) is 0. The minimum Gasteiger partial charge on any atom is -0.366 e. The molecule has 0 atom stereocenters. The second kappa shape index (κ2) is 6.83. The number of benzene rings is 2. The summed E-state index contributed by atoms with van der Waals surface area (Å²) in [5, 5.41) is 0. The molecule has 2 rings (SSSR count). The van der Waals surface area contributed by atoms with Crippen LogP contribution in [0, 0.1) is 0 Å². The third-order valence-corrected chi connectivity index (χ3v) is 3.56. The lowest BCUT2D eigenvalue weighted by Gasteiger charge is -2.15. The predicted molar refractivity (Wildman–Crippen MR) is 82.8 cm³/mol. The summed E-state index contributed by atoms with van der Waals surface area (Å²) in [6.07, 6.45) is -3.76. The molecule has 3 nitrogen and oxygen atoms in total. The topological polar surface area (TPSA) is 69.1 Å². The Labute approximate surface area is 132 Å². The molecule has 122 valence electrons. The van der Waals surface area contributed by atoms with Gasteiger partial charge < -0.3 is 11.5 Å². The van der Waals surface area contributed by atoms with Crippen LogP contribution in [0.2, 0.25) is 0 Å². The summed E-state index contributed by atoms with van der Waals surface area (Å²) in [5.74, 6) is -0.621. The van der Waals surface area contributed by atoms with E-state index in [0.29, 0.717) is 24.1 Å². The van der Waals surface area contributed by atoms with Crippen molar-refractivity contribution in [3.63, 3.8) is 0 Å². The van der Waals surface area contributed by atoms with Gasteiger partial charge in [-0.15, -0.1) is 0 Å². The molecule has 0 saturated carbocycles. The van der Waals surface area contributed by atoms with Crippen LogP contribution in [0.5, 0.6) is 0 Å². The van der Waals surface area contributed by atoms with Gasteiger partial charge in [-0.1, -0.05) is 30.3 Å². The highest BCUT2D eigenvalue weighted by Gasteiger charge is 2.33. The van der Waals surface area contributed by atoms with Crippen LogP contribution in [0.4, 0.5) is 13.2 Å². The lowest BCUT2D eigenvalue weighted by Crippen LogP contribution is -2.13. The normalized spacial score (nSPS) is 11.5. The highest BCUT2D eigenvalue weighted by molar-refractivity contribution is 5.99. The lowest BCUT2D eigenvalue weighted by atomic mass is 9.93. The maximum Gasteiger partial charge on any atom is 0.416 e. The fourth-order valence-electron chi connectivity index (χ4n) is 2.49. The standard InChI is InChI=1S/C17H17F3N2O/c18-17(19,20)15-8-7-11(10-12(15)4-3-9-21)13-5-1-2-6-14(13)16(22)23/h1-2,5-8,10H,3-4,9,21H2,(H2,22,23). The molecule has 0 radical (unpaired) electrons. The smallest absolute Gasteiger partial charge is 0.366 e. The molecule has 0 bridgehead atoms. The van der Waals surface area contributed by atoms with E-state index < -0.39 is 17.6 Å². The fraction of sp³-hybridized carbons (Fsp3) is 0.235. The molecule has 0 aliphatic carbocycles. The molecule has 0 heterocycles. The molecule has 6 heteroatoms. The van der Waals surface area contributed by atoms with E-state index in [4.69, 9.17) is 11.5 Å². The SMILES string of the molecule is NCCCc1cc(-c2ccccc2C(N)=O)ccc1C(F)(F)F. The maximum atomic E-state index is 13.1. The Morgan fingerprint density at radius 2 is 1.78 bits per heavy atom. The average molecular weight is 322 g/mol. The number of amides is 1. The van der Waals surface area contributed by atoms with E-state index in [9.17, 15) is 18.0 Å². The Bertz CT molecular complexity index is 711. The zero-order valence-electron chi connectivity index (χ0n) is 12.4. The number of hydrogen-bond donors (Lipinski definition) is 2. The number of hydrogen-bond acceptors (Lipinski definition) is 2. The highest BCUT2D eigenvalue weighted by atomic mass is 19.4. The zero-order chi connectivity index (χ0) is 17.0. The second-order valence-electron chi connectivity index (χ2n) is 5.17. The van der Waals surface area contributed by atoms with Crippen LogP contribution in [0.15, 0.2) is 42.5 Å². The molecule has 2 aromatic rings. The number of halogens is 3. The molecule has 4 N–H and O–H groups in total. The molecule has 0 unspecified atom stereocenters. The number of nitrogens with two attached hydrogens (primary N) is 2. The molecule has 0 aliphatic heterocycles. The van der Waals surface area contributed by atoms with Gasteiger partial charge in [0.25, 0.3) is 0 Å². The number of rotatable bonds is 5. The van der Waals surface area contributed by atoms with Crippen molar-refractivity contribution in [2.75, 3.05) is 6.54 Å². The Balaban J connectivity index is 2.55. The lowest BCUT2D eigenvalue weighted by molar-refractivity contribution is -0.138. The van der Waals surface area contributed by atoms with Gasteiger partial charge in [0.15, 0.2) is 0 Å². The summed E-state index contributed by atoms with van der Waals surface area (Å²) < 4.78 is 39.3. The van der Waals surface area contributed by atoms with E-state index in [2.05, 4.69) is 0 Å². The van der Waals surface area contributed by atoms with Crippen LogP contribution in [0.25, 0.3) is 11.1 Å². The molecule has 23 heavy (non-hydrogen) atoms. The Kier molecular flexibility index (Phi) is 5.05. The first-order valence-electron chi connectivity index (χ1n) is 7.14. The number of carbonyl (C=O) groups is 1. The first-order valence-corrected chi connectivity index (χ1v) is 7.14. The first-order chi connectivity index (χ1) is 10.8. The van der Waals surface area contributed by atoms with Gasteiger partial charge in [-0.25, -0.2) is 0 Å². The largest absolute Gasteiger partial charge is 0.416 e. The third kappa shape index (κ3) is 3.90. The molecule has 0 fully saturated rings. The van der Waals surface area contributed by atoms with Crippen LogP contribution in [0.1, 0.15) is 27.9 Å². The van der Waals surface area contributed by atoms with Crippen molar-refractivity contribution < 1.29 is 18.0 Å². The summed E-state index contributed by atoms with van der Waals surface area (Å²) in [6, 6.07) is 10.4. The van der Waals surface area contributed by atoms with Crippen molar-refractivity contribution in [2.24, 2.45) is 11.5 Å². The van der Waals surface area contributed by atoms with Crippen LogP contribution in [0.3, 0.4) is 0 Å². The Hall–Kier alpha value is -2.34. The van der Waals surface area contributed by atoms with E-state index in [1.165, 1.54) is 12.1 Å². The number of carbonyl (C=O) groups excluding carboxylic acids is 1. The Morgan fingerprint density at radius 1 is 1.09 bits per heavy atom. The van der Waals surface area contributed by atoms with Gasteiger partial charge in [-0.3, -0.25) is 4.79 Å². The van der Waals surface area contributed by atoms with E-state index >= 15 is 0 Å². The van der Waals surface area contributed by atoms with Crippen molar-refractivity contribution in [3.05, 3.63) is 59.2 Å². The summed E-state index contributed by atoms with van der Waals surface area (Å²) >= 11 is 0. The minimum absolute atomic E-state index is 0.166. The molecular weight excluding hydrogens is 305 g/mol. The molecule has 0 aromatic heterocycles. The summed E-state index contributed by atoms with van der Waals surface area (Å²) in [5.41, 5.74) is 11.6. The number of aryl methyl sites for hydroxylation is 1. The van der Waals surface area contributed by atoms with Gasteiger partial charge in [0.2, 0.25) is 5.91 Å². The molecular formula is C17H17F3N2O. The van der Waals surface area contributed by atoms with Crippen molar-refractivity contribution in [3.8, 4) is 11.1 Å². The van der Waals surface area contributed by atoms with Crippen molar-refractivity contribution in [2.45, 2.75) is 19.0 Å². The minimum atomic E-state index is -4.42. The van der Waals surface area contributed by atoms with Crippen LogP contribution in [-0.2, 0) is 12.6 Å². The van der Waals surface area contributed by atoms with Gasteiger partial charge in [0.1, 0.15) is 0 Å².